The Bertz CT molecular complexity index is 459. The van der Waals surface area contributed by atoms with Crippen molar-refractivity contribution in [3.05, 3.63) is 17.5 Å². The summed E-state index contributed by atoms with van der Waals surface area (Å²) in [5.41, 5.74) is 2.24. The van der Waals surface area contributed by atoms with Gasteiger partial charge in [0.25, 0.3) is 0 Å². The molecule has 1 aliphatic carbocycles. The summed E-state index contributed by atoms with van der Waals surface area (Å²) in [5, 5.41) is 14.2. The molecule has 1 aromatic rings. The van der Waals surface area contributed by atoms with Gasteiger partial charge in [-0.15, -0.1) is 0 Å². The maximum Gasteiger partial charge on any atom is 0.0693 e. The molecule has 0 saturated heterocycles. The van der Waals surface area contributed by atoms with Crippen molar-refractivity contribution in [2.75, 3.05) is 0 Å². The lowest BCUT2D eigenvalue weighted by Crippen LogP contribution is -2.28. The second-order valence-electron chi connectivity index (χ2n) is 6.05. The van der Waals surface area contributed by atoms with Crippen LogP contribution in [0.5, 0.6) is 0 Å². The number of hydrogen-bond acceptors (Lipinski definition) is 2. The highest BCUT2D eigenvalue weighted by atomic mass is 15.3. The van der Waals surface area contributed by atoms with Gasteiger partial charge in [-0.1, -0.05) is 13.8 Å². The molecular formula is C16H25N3. The highest BCUT2D eigenvalue weighted by Crippen LogP contribution is 2.41. The standard InChI is InChI=1S/C16H25N3/c1-4-14-10-15(19(5-2)18-14)11-16(12-17)8-6-13(3)7-9-16/h10,13H,4-9,11H2,1-3H3. The highest BCUT2D eigenvalue weighted by molar-refractivity contribution is 5.16. The summed E-state index contributed by atoms with van der Waals surface area (Å²) >= 11 is 0. The maximum atomic E-state index is 9.64. The van der Waals surface area contributed by atoms with E-state index in [4.69, 9.17) is 0 Å². The van der Waals surface area contributed by atoms with E-state index in [1.165, 1.54) is 18.5 Å². The molecule has 1 fully saturated rings. The third kappa shape index (κ3) is 3.00. The first-order valence-corrected chi connectivity index (χ1v) is 7.59. The molecule has 2 rings (SSSR count). The SMILES string of the molecule is CCc1cc(CC2(C#N)CCC(C)CC2)n(CC)n1. The Kier molecular flexibility index (Phi) is 4.29. The number of rotatable bonds is 4. The van der Waals surface area contributed by atoms with Gasteiger partial charge in [0.1, 0.15) is 0 Å². The molecule has 3 nitrogen and oxygen atoms in total. The number of aromatic nitrogens is 2. The summed E-state index contributed by atoms with van der Waals surface area (Å²) in [6.45, 7) is 7.45. The summed E-state index contributed by atoms with van der Waals surface area (Å²) in [7, 11) is 0. The molecule has 0 radical (unpaired) electrons. The van der Waals surface area contributed by atoms with Crippen LogP contribution in [0, 0.1) is 22.7 Å². The molecule has 0 spiro atoms. The van der Waals surface area contributed by atoms with Gasteiger partial charge in [0.2, 0.25) is 0 Å². The second-order valence-corrected chi connectivity index (χ2v) is 6.05. The van der Waals surface area contributed by atoms with Crippen LogP contribution in [0.25, 0.3) is 0 Å². The quantitative estimate of drug-likeness (QED) is 0.826. The fraction of sp³-hybridized carbons (Fsp3) is 0.750. The average molecular weight is 259 g/mol. The summed E-state index contributed by atoms with van der Waals surface area (Å²) < 4.78 is 2.08. The van der Waals surface area contributed by atoms with Crippen LogP contribution in [-0.4, -0.2) is 9.78 Å². The van der Waals surface area contributed by atoms with Crippen molar-refractivity contribution < 1.29 is 0 Å². The van der Waals surface area contributed by atoms with Crippen molar-refractivity contribution in [3.63, 3.8) is 0 Å². The topological polar surface area (TPSA) is 41.6 Å². The van der Waals surface area contributed by atoms with Crippen molar-refractivity contribution >= 4 is 0 Å². The van der Waals surface area contributed by atoms with Gasteiger partial charge < -0.3 is 0 Å². The van der Waals surface area contributed by atoms with E-state index in [2.05, 4.69) is 42.7 Å². The van der Waals surface area contributed by atoms with Gasteiger partial charge in [0.15, 0.2) is 0 Å². The molecule has 0 N–H and O–H groups in total. The molecule has 104 valence electrons. The fourth-order valence-electron chi connectivity index (χ4n) is 3.09. The summed E-state index contributed by atoms with van der Waals surface area (Å²) in [4.78, 5) is 0. The fourth-order valence-corrected chi connectivity index (χ4v) is 3.09. The molecule has 19 heavy (non-hydrogen) atoms. The Morgan fingerprint density at radius 1 is 1.42 bits per heavy atom. The summed E-state index contributed by atoms with van der Waals surface area (Å²) in [5.74, 6) is 0.781. The molecule has 1 aliphatic rings. The molecule has 3 heteroatoms. The van der Waals surface area contributed by atoms with E-state index in [1.54, 1.807) is 0 Å². The zero-order valence-electron chi connectivity index (χ0n) is 12.4. The Morgan fingerprint density at radius 2 is 2.11 bits per heavy atom. The third-order valence-electron chi connectivity index (χ3n) is 4.56. The van der Waals surface area contributed by atoms with E-state index in [1.807, 2.05) is 0 Å². The van der Waals surface area contributed by atoms with Crippen molar-refractivity contribution in [3.8, 4) is 6.07 Å². The third-order valence-corrected chi connectivity index (χ3v) is 4.56. The van der Waals surface area contributed by atoms with Gasteiger partial charge >= 0.3 is 0 Å². The molecule has 0 aliphatic heterocycles. The highest BCUT2D eigenvalue weighted by Gasteiger charge is 2.35. The van der Waals surface area contributed by atoms with E-state index in [-0.39, 0.29) is 5.41 Å². The Hall–Kier alpha value is -1.30. The predicted octanol–water partition coefficient (Wildman–Crippen LogP) is 3.73. The Labute approximate surface area is 116 Å². The summed E-state index contributed by atoms with van der Waals surface area (Å²) in [6, 6.07) is 4.82. The van der Waals surface area contributed by atoms with Crippen LogP contribution in [0.3, 0.4) is 0 Å². The Balaban J connectivity index is 2.19. The molecule has 1 heterocycles. The molecule has 0 bridgehead atoms. The number of nitrogens with zero attached hydrogens (tertiary/aromatic N) is 3. The van der Waals surface area contributed by atoms with Crippen LogP contribution in [0.15, 0.2) is 6.07 Å². The first-order valence-electron chi connectivity index (χ1n) is 7.59. The lowest BCUT2D eigenvalue weighted by atomic mass is 9.69. The first kappa shape index (κ1) is 14.1. The minimum atomic E-state index is -0.148. The van der Waals surface area contributed by atoms with Crippen molar-refractivity contribution in [2.45, 2.75) is 65.8 Å². The number of hydrogen-bond donors (Lipinski definition) is 0. The molecular weight excluding hydrogens is 234 g/mol. The van der Waals surface area contributed by atoms with Crippen LogP contribution in [0.4, 0.5) is 0 Å². The van der Waals surface area contributed by atoms with E-state index in [0.29, 0.717) is 0 Å². The van der Waals surface area contributed by atoms with E-state index in [9.17, 15) is 5.26 Å². The molecule has 0 atom stereocenters. The normalized spacial score (nSPS) is 27.2. The van der Waals surface area contributed by atoms with Crippen LogP contribution in [0.1, 0.15) is 57.8 Å². The van der Waals surface area contributed by atoms with Crippen molar-refractivity contribution in [2.24, 2.45) is 11.3 Å². The van der Waals surface area contributed by atoms with Gasteiger partial charge in [-0.05, 0) is 51.0 Å². The van der Waals surface area contributed by atoms with Crippen LogP contribution < -0.4 is 0 Å². The second kappa shape index (κ2) is 5.77. The number of nitriles is 1. The van der Waals surface area contributed by atoms with Crippen LogP contribution in [0.2, 0.25) is 0 Å². The molecule has 0 unspecified atom stereocenters. The molecule has 0 aromatic carbocycles. The van der Waals surface area contributed by atoms with Gasteiger partial charge in [-0.2, -0.15) is 10.4 Å². The minimum absolute atomic E-state index is 0.148. The van der Waals surface area contributed by atoms with Gasteiger partial charge in [0, 0.05) is 18.7 Å². The zero-order chi connectivity index (χ0) is 13.9. The van der Waals surface area contributed by atoms with Crippen molar-refractivity contribution in [1.29, 1.82) is 5.26 Å². The van der Waals surface area contributed by atoms with Crippen molar-refractivity contribution in [1.82, 2.24) is 9.78 Å². The monoisotopic (exact) mass is 259 g/mol. The lowest BCUT2D eigenvalue weighted by molar-refractivity contribution is 0.215. The zero-order valence-corrected chi connectivity index (χ0v) is 12.4. The molecule has 1 aromatic heterocycles. The van der Waals surface area contributed by atoms with Crippen LogP contribution >= 0.6 is 0 Å². The van der Waals surface area contributed by atoms with E-state index < -0.39 is 0 Å². The van der Waals surface area contributed by atoms with E-state index >= 15 is 0 Å². The van der Waals surface area contributed by atoms with Gasteiger partial charge in [0.05, 0.1) is 17.2 Å². The number of aryl methyl sites for hydroxylation is 2. The maximum absolute atomic E-state index is 9.64. The Morgan fingerprint density at radius 3 is 2.63 bits per heavy atom. The predicted molar refractivity (Wildman–Crippen MR) is 76.7 cm³/mol. The largest absolute Gasteiger partial charge is 0.270 e. The first-order chi connectivity index (χ1) is 9.12. The lowest BCUT2D eigenvalue weighted by Gasteiger charge is -2.33. The molecule has 1 saturated carbocycles. The van der Waals surface area contributed by atoms with Crippen LogP contribution in [-0.2, 0) is 19.4 Å². The van der Waals surface area contributed by atoms with Gasteiger partial charge in [-0.3, -0.25) is 4.68 Å². The van der Waals surface area contributed by atoms with Gasteiger partial charge in [-0.25, -0.2) is 0 Å². The molecule has 0 amide bonds. The summed E-state index contributed by atoms with van der Waals surface area (Å²) in [6.07, 6.45) is 6.30. The smallest absolute Gasteiger partial charge is 0.0693 e. The van der Waals surface area contributed by atoms with E-state index in [0.717, 1.165) is 43.8 Å². The minimum Gasteiger partial charge on any atom is -0.270 e. The average Bonchev–Trinajstić information content (AvgIpc) is 2.83.